The van der Waals surface area contributed by atoms with Crippen molar-refractivity contribution >= 4 is 43.8 Å². The lowest BCUT2D eigenvalue weighted by Crippen LogP contribution is -2.21. The van der Waals surface area contributed by atoms with E-state index in [9.17, 15) is 13.2 Å². The van der Waals surface area contributed by atoms with E-state index in [1.807, 2.05) is 11.4 Å². The highest BCUT2D eigenvalue weighted by atomic mass is 32.2. The van der Waals surface area contributed by atoms with E-state index in [0.29, 0.717) is 28.4 Å². The number of benzene rings is 3. The molecule has 1 heterocycles. The van der Waals surface area contributed by atoms with Gasteiger partial charge in [-0.05, 0) is 61.0 Å². The first-order valence-electron chi connectivity index (χ1n) is 11.2. The van der Waals surface area contributed by atoms with Crippen molar-refractivity contribution in [2.75, 3.05) is 36.1 Å². The summed E-state index contributed by atoms with van der Waals surface area (Å²) in [6.45, 7) is 1.44. The molecule has 0 aliphatic heterocycles. The summed E-state index contributed by atoms with van der Waals surface area (Å²) in [5, 5.41) is 8.52. The van der Waals surface area contributed by atoms with Gasteiger partial charge in [-0.1, -0.05) is 18.2 Å². The van der Waals surface area contributed by atoms with Crippen molar-refractivity contribution in [2.45, 2.75) is 11.8 Å². The Bertz CT molecular complexity index is 1500. The summed E-state index contributed by atoms with van der Waals surface area (Å²) < 4.78 is 39.0. The fourth-order valence-corrected chi connectivity index (χ4v) is 5.31. The van der Waals surface area contributed by atoms with E-state index in [4.69, 9.17) is 9.47 Å². The molecule has 0 unspecified atom stereocenters. The van der Waals surface area contributed by atoms with E-state index in [1.54, 1.807) is 56.4 Å². The molecule has 0 aliphatic carbocycles. The molecule has 4 rings (SSSR count). The third-order valence-electron chi connectivity index (χ3n) is 5.33. The zero-order valence-corrected chi connectivity index (χ0v) is 22.1. The molecule has 11 heteroatoms. The lowest BCUT2D eigenvalue weighted by molar-refractivity contribution is -0.118. The molecular formula is C26H26N4O5S2. The number of aromatic nitrogens is 1. The summed E-state index contributed by atoms with van der Waals surface area (Å²) in [7, 11) is -0.440. The van der Waals surface area contributed by atoms with Crippen LogP contribution in [0, 0.1) is 6.92 Å². The Morgan fingerprint density at radius 3 is 2.46 bits per heavy atom. The predicted octanol–water partition coefficient (Wildman–Crippen LogP) is 4.99. The number of sulfonamides is 1. The van der Waals surface area contributed by atoms with E-state index in [-0.39, 0.29) is 11.5 Å². The minimum atomic E-state index is -3.77. The van der Waals surface area contributed by atoms with Gasteiger partial charge < -0.3 is 20.1 Å². The van der Waals surface area contributed by atoms with Gasteiger partial charge in [0, 0.05) is 23.7 Å². The molecule has 0 saturated carbocycles. The largest absolute Gasteiger partial charge is 0.495 e. The third kappa shape index (κ3) is 6.38. The molecule has 3 N–H and O–H groups in total. The van der Waals surface area contributed by atoms with Crippen LogP contribution < -0.4 is 24.8 Å². The number of anilines is 3. The summed E-state index contributed by atoms with van der Waals surface area (Å²) in [6, 6.07) is 18.5. The Balaban J connectivity index is 1.42. The summed E-state index contributed by atoms with van der Waals surface area (Å²) in [6.07, 6.45) is 0. The number of carbonyl (C=O) groups is 1. The number of nitrogens with one attached hydrogen (secondary N) is 3. The normalized spacial score (nSPS) is 11.0. The van der Waals surface area contributed by atoms with Crippen LogP contribution in [0.1, 0.15) is 5.56 Å². The number of thiazole rings is 1. The van der Waals surface area contributed by atoms with E-state index in [1.165, 1.54) is 36.6 Å². The van der Waals surface area contributed by atoms with E-state index < -0.39 is 15.9 Å². The molecule has 0 aliphatic rings. The Labute approximate surface area is 219 Å². The number of methoxy groups -OCH3 is 1. The molecule has 9 nitrogen and oxygen atoms in total. The summed E-state index contributed by atoms with van der Waals surface area (Å²) in [5.41, 5.74) is 3.13. The number of para-hydroxylation sites is 1. The molecule has 192 valence electrons. The van der Waals surface area contributed by atoms with Crippen molar-refractivity contribution < 1.29 is 22.7 Å². The average molecular weight is 539 g/mol. The molecular weight excluding hydrogens is 512 g/mol. The maximum Gasteiger partial charge on any atom is 0.262 e. The van der Waals surface area contributed by atoms with Crippen LogP contribution in [-0.2, 0) is 14.8 Å². The fraction of sp³-hybridized carbons (Fsp3) is 0.154. The van der Waals surface area contributed by atoms with Crippen LogP contribution in [-0.4, -0.2) is 40.1 Å². The molecule has 37 heavy (non-hydrogen) atoms. The van der Waals surface area contributed by atoms with Gasteiger partial charge in [0.1, 0.15) is 11.5 Å². The molecule has 0 saturated heterocycles. The van der Waals surface area contributed by atoms with E-state index in [0.717, 1.165) is 16.4 Å². The Morgan fingerprint density at radius 1 is 1.03 bits per heavy atom. The predicted molar refractivity (Wildman–Crippen MR) is 146 cm³/mol. The van der Waals surface area contributed by atoms with Crippen molar-refractivity contribution in [3.8, 4) is 22.8 Å². The first-order chi connectivity index (χ1) is 17.8. The van der Waals surface area contributed by atoms with Crippen LogP contribution in [0.5, 0.6) is 11.5 Å². The lowest BCUT2D eigenvalue weighted by Gasteiger charge is -2.14. The molecule has 0 bridgehead atoms. The Hall–Kier alpha value is -4.09. The van der Waals surface area contributed by atoms with Crippen LogP contribution in [0.3, 0.4) is 0 Å². The molecule has 4 aromatic rings. The van der Waals surface area contributed by atoms with Crippen LogP contribution in [0.25, 0.3) is 11.3 Å². The zero-order chi connectivity index (χ0) is 26.4. The van der Waals surface area contributed by atoms with Gasteiger partial charge in [0.25, 0.3) is 15.9 Å². The number of carbonyl (C=O) groups excluding carboxylic acids is 1. The SMILES string of the molecule is CNc1nc(-c2ccc(OC)c(NC(=O)COc3ccc(S(=O)(=O)Nc4ccccc4)cc3C)c2)cs1. The molecule has 0 radical (unpaired) electrons. The number of rotatable bonds is 10. The number of hydrogen-bond donors (Lipinski definition) is 3. The van der Waals surface area contributed by atoms with Crippen molar-refractivity contribution in [1.82, 2.24) is 4.98 Å². The maximum absolute atomic E-state index is 12.7. The summed E-state index contributed by atoms with van der Waals surface area (Å²) in [5.74, 6) is 0.501. The number of amides is 1. The minimum absolute atomic E-state index is 0.0932. The van der Waals surface area contributed by atoms with Gasteiger partial charge in [0.2, 0.25) is 0 Å². The van der Waals surface area contributed by atoms with Crippen LogP contribution >= 0.6 is 11.3 Å². The second-order valence-corrected chi connectivity index (χ2v) is 10.5. The smallest absolute Gasteiger partial charge is 0.262 e. The molecule has 3 aromatic carbocycles. The van der Waals surface area contributed by atoms with Gasteiger partial charge in [-0.25, -0.2) is 13.4 Å². The second-order valence-electron chi connectivity index (χ2n) is 7.94. The van der Waals surface area contributed by atoms with Crippen molar-refractivity contribution in [3.05, 3.63) is 77.7 Å². The third-order valence-corrected chi connectivity index (χ3v) is 7.57. The highest BCUT2D eigenvalue weighted by Gasteiger charge is 2.17. The molecule has 0 spiro atoms. The monoisotopic (exact) mass is 538 g/mol. The summed E-state index contributed by atoms with van der Waals surface area (Å²) in [4.78, 5) is 17.3. The molecule has 0 atom stereocenters. The minimum Gasteiger partial charge on any atom is -0.495 e. The van der Waals surface area contributed by atoms with Crippen molar-refractivity contribution in [2.24, 2.45) is 0 Å². The standard InChI is InChI=1S/C26H26N4O5S2/c1-17-13-20(37(32,33)30-19-7-5-4-6-8-19)10-12-23(17)35-15-25(31)28-21-14-18(9-11-24(21)34-3)22-16-36-26(27-2)29-22/h4-14,16,30H,15H2,1-3H3,(H,27,29)(H,28,31). The number of hydrogen-bond acceptors (Lipinski definition) is 8. The first kappa shape index (κ1) is 26.0. The van der Waals surface area contributed by atoms with Gasteiger partial charge in [-0.2, -0.15) is 0 Å². The van der Waals surface area contributed by atoms with Gasteiger partial charge in [-0.3, -0.25) is 9.52 Å². The lowest BCUT2D eigenvalue weighted by atomic mass is 10.1. The van der Waals surface area contributed by atoms with Crippen LogP contribution in [0.2, 0.25) is 0 Å². The van der Waals surface area contributed by atoms with E-state index in [2.05, 4.69) is 20.3 Å². The van der Waals surface area contributed by atoms with Crippen LogP contribution in [0.4, 0.5) is 16.5 Å². The van der Waals surface area contributed by atoms with Gasteiger partial charge >= 0.3 is 0 Å². The van der Waals surface area contributed by atoms with Crippen LogP contribution in [0.15, 0.2) is 77.0 Å². The van der Waals surface area contributed by atoms with Gasteiger partial charge in [-0.15, -0.1) is 11.3 Å². The maximum atomic E-state index is 12.7. The molecule has 1 amide bonds. The Morgan fingerprint density at radius 2 is 1.78 bits per heavy atom. The highest BCUT2D eigenvalue weighted by Crippen LogP contribution is 2.32. The summed E-state index contributed by atoms with van der Waals surface area (Å²) >= 11 is 1.48. The number of nitrogens with zero attached hydrogens (tertiary/aromatic N) is 1. The first-order valence-corrected chi connectivity index (χ1v) is 13.6. The average Bonchev–Trinajstić information content (AvgIpc) is 3.38. The van der Waals surface area contributed by atoms with Gasteiger partial charge in [0.05, 0.1) is 23.4 Å². The topological polar surface area (TPSA) is 119 Å². The quantitative estimate of drug-likeness (QED) is 0.260. The number of aryl methyl sites for hydroxylation is 1. The highest BCUT2D eigenvalue weighted by molar-refractivity contribution is 7.92. The Kier molecular flexibility index (Phi) is 7.95. The zero-order valence-electron chi connectivity index (χ0n) is 20.4. The number of ether oxygens (including phenoxy) is 2. The molecule has 1 aromatic heterocycles. The van der Waals surface area contributed by atoms with Crippen molar-refractivity contribution in [3.63, 3.8) is 0 Å². The van der Waals surface area contributed by atoms with Crippen molar-refractivity contribution in [1.29, 1.82) is 0 Å². The fourth-order valence-electron chi connectivity index (χ4n) is 3.49. The van der Waals surface area contributed by atoms with E-state index >= 15 is 0 Å². The second kappa shape index (κ2) is 11.3. The van der Waals surface area contributed by atoms with Gasteiger partial charge in [0.15, 0.2) is 11.7 Å². The molecule has 0 fully saturated rings.